The molecule has 5 N–H and O–H groups in total. The molecule has 0 aromatic heterocycles. The molecule has 0 saturated carbocycles. The van der Waals surface area contributed by atoms with E-state index in [2.05, 4.69) is 57.1 Å². The van der Waals surface area contributed by atoms with Crippen molar-refractivity contribution in [1.29, 1.82) is 0 Å². The van der Waals surface area contributed by atoms with E-state index < -0.39 is 0 Å². The topological polar surface area (TPSA) is 94.3 Å². The second-order valence-electron chi connectivity index (χ2n) is 10.0. The first-order valence-electron chi connectivity index (χ1n) is 12.9. The number of fused-ring (bicyclic) bond motifs is 1. The zero-order valence-electron chi connectivity index (χ0n) is 21.0. The maximum absolute atomic E-state index is 13.4. The Labute approximate surface area is 212 Å². The first-order valence-corrected chi connectivity index (χ1v) is 12.9. The van der Waals surface area contributed by atoms with Gasteiger partial charge in [0.1, 0.15) is 0 Å². The number of hydrazine groups is 1. The van der Waals surface area contributed by atoms with Crippen LogP contribution in [0.3, 0.4) is 0 Å². The van der Waals surface area contributed by atoms with Gasteiger partial charge in [-0.2, -0.15) is 0 Å². The first-order chi connectivity index (χ1) is 17.5. The van der Waals surface area contributed by atoms with E-state index in [-0.39, 0.29) is 23.9 Å². The number of aryl methyl sites for hydroxylation is 1. The molecular weight excluding hydrogens is 450 g/mol. The summed E-state index contributed by atoms with van der Waals surface area (Å²) in [6.07, 6.45) is 2.99. The van der Waals surface area contributed by atoms with Gasteiger partial charge in [-0.15, -0.1) is 0 Å². The van der Waals surface area contributed by atoms with Crippen LogP contribution < -0.4 is 26.8 Å². The monoisotopic (exact) mass is 485 g/mol. The number of benzene rings is 3. The van der Waals surface area contributed by atoms with Gasteiger partial charge in [-0.1, -0.05) is 48.9 Å². The van der Waals surface area contributed by atoms with E-state index in [1.807, 2.05) is 32.0 Å². The van der Waals surface area contributed by atoms with E-state index in [9.17, 15) is 9.59 Å². The average molecular weight is 486 g/mol. The maximum atomic E-state index is 13.4. The van der Waals surface area contributed by atoms with Crippen molar-refractivity contribution in [3.05, 3.63) is 76.9 Å². The molecule has 0 radical (unpaired) electrons. The summed E-state index contributed by atoms with van der Waals surface area (Å²) in [6, 6.07) is 18.0. The fourth-order valence-corrected chi connectivity index (χ4v) is 5.26. The molecule has 0 aliphatic carbocycles. The third-order valence-corrected chi connectivity index (χ3v) is 7.40. The Morgan fingerprint density at radius 2 is 1.81 bits per heavy atom. The molecule has 2 atom stereocenters. The molecule has 3 aromatic carbocycles. The number of amides is 2. The van der Waals surface area contributed by atoms with Crippen LogP contribution in [-0.4, -0.2) is 37.5 Å². The second-order valence-corrected chi connectivity index (χ2v) is 10.0. The van der Waals surface area contributed by atoms with Gasteiger partial charge in [0.25, 0.3) is 5.91 Å². The van der Waals surface area contributed by atoms with Crippen molar-refractivity contribution in [2.24, 2.45) is 0 Å². The second kappa shape index (κ2) is 10.8. The smallest absolute Gasteiger partial charge is 0.252 e. The highest BCUT2D eigenvalue weighted by atomic mass is 16.2. The molecule has 0 unspecified atom stereocenters. The summed E-state index contributed by atoms with van der Waals surface area (Å²) in [5.41, 5.74) is 10.9. The number of piperidine rings is 1. The highest BCUT2D eigenvalue weighted by molar-refractivity contribution is 6.00. The standard InChI is InChI=1S/C29H35N5O2/c1-18-10-11-23(34-29(36)27-9-5-6-12-30-27)15-25(18)28(35)33-19(2)26-14-21(22-16-31-32-17-22)13-20-7-3-4-8-24(20)26/h3-4,7-8,10-11,13-15,19,22,27,30-32H,5-6,9,12,16-17H2,1-2H3,(H,33,35)(H,34,36)/t19-,27-/m1/s1. The summed E-state index contributed by atoms with van der Waals surface area (Å²) in [4.78, 5) is 26.1. The zero-order chi connectivity index (χ0) is 25.1. The first kappa shape index (κ1) is 24.4. The molecule has 2 aliphatic rings. The Kier molecular flexibility index (Phi) is 7.32. The molecule has 7 nitrogen and oxygen atoms in total. The van der Waals surface area contributed by atoms with Gasteiger partial charge >= 0.3 is 0 Å². The molecule has 3 aromatic rings. The molecule has 2 saturated heterocycles. The zero-order valence-corrected chi connectivity index (χ0v) is 21.0. The summed E-state index contributed by atoms with van der Waals surface area (Å²) in [7, 11) is 0. The quantitative estimate of drug-likeness (QED) is 0.365. The van der Waals surface area contributed by atoms with Gasteiger partial charge in [0.15, 0.2) is 0 Å². The fraction of sp³-hybridized carbons (Fsp3) is 0.379. The minimum Gasteiger partial charge on any atom is -0.345 e. The number of hydrogen-bond acceptors (Lipinski definition) is 5. The van der Waals surface area contributed by atoms with Gasteiger partial charge in [-0.25, -0.2) is 0 Å². The summed E-state index contributed by atoms with van der Waals surface area (Å²) in [5, 5.41) is 11.8. The van der Waals surface area contributed by atoms with Crippen molar-refractivity contribution in [3.63, 3.8) is 0 Å². The Morgan fingerprint density at radius 3 is 2.58 bits per heavy atom. The molecular formula is C29H35N5O2. The summed E-state index contributed by atoms with van der Waals surface area (Å²) in [6.45, 7) is 6.58. The van der Waals surface area contributed by atoms with Crippen molar-refractivity contribution < 1.29 is 9.59 Å². The van der Waals surface area contributed by atoms with Crippen molar-refractivity contribution in [2.45, 2.75) is 51.1 Å². The maximum Gasteiger partial charge on any atom is 0.252 e. The van der Waals surface area contributed by atoms with Gasteiger partial charge in [0, 0.05) is 30.3 Å². The molecule has 188 valence electrons. The molecule has 7 heteroatoms. The lowest BCUT2D eigenvalue weighted by atomic mass is 9.91. The molecule has 2 aliphatic heterocycles. The molecule has 0 bridgehead atoms. The van der Waals surface area contributed by atoms with Crippen LogP contribution in [0.5, 0.6) is 0 Å². The predicted molar refractivity (Wildman–Crippen MR) is 144 cm³/mol. The molecule has 5 rings (SSSR count). The molecule has 36 heavy (non-hydrogen) atoms. The van der Waals surface area contributed by atoms with Crippen molar-refractivity contribution in [1.82, 2.24) is 21.5 Å². The Balaban J connectivity index is 1.36. The predicted octanol–water partition coefficient (Wildman–Crippen LogP) is 3.91. The van der Waals surface area contributed by atoms with Crippen LogP contribution in [0.1, 0.15) is 65.2 Å². The number of carbonyl (C=O) groups is 2. The number of anilines is 1. The third-order valence-electron chi connectivity index (χ3n) is 7.40. The Bertz CT molecular complexity index is 1260. The van der Waals surface area contributed by atoms with Crippen LogP contribution in [-0.2, 0) is 4.79 Å². The molecule has 2 fully saturated rings. The normalized spacial score (nSPS) is 19.2. The number of carbonyl (C=O) groups excluding carboxylic acids is 2. The number of rotatable bonds is 6. The van der Waals surface area contributed by atoms with E-state index in [0.29, 0.717) is 17.2 Å². The minimum absolute atomic E-state index is 0.0440. The highest BCUT2D eigenvalue weighted by Gasteiger charge is 2.23. The number of nitrogens with one attached hydrogen (secondary N) is 5. The third kappa shape index (κ3) is 5.28. The van der Waals surface area contributed by atoms with Gasteiger partial charge in [0.05, 0.1) is 12.1 Å². The van der Waals surface area contributed by atoms with Gasteiger partial charge < -0.3 is 16.0 Å². The van der Waals surface area contributed by atoms with Crippen LogP contribution in [0, 0.1) is 6.92 Å². The SMILES string of the molecule is Cc1ccc(NC(=O)[C@H]2CCCCN2)cc1C(=O)N[C@H](C)c1cc(C2CNNC2)cc2ccccc12. The fourth-order valence-electron chi connectivity index (χ4n) is 5.26. The van der Waals surface area contributed by atoms with E-state index >= 15 is 0 Å². The van der Waals surface area contributed by atoms with E-state index in [1.54, 1.807) is 6.07 Å². The van der Waals surface area contributed by atoms with Crippen molar-refractivity contribution in [3.8, 4) is 0 Å². The van der Waals surface area contributed by atoms with Gasteiger partial charge in [-0.05, 0) is 72.8 Å². The van der Waals surface area contributed by atoms with Crippen LogP contribution in [0.15, 0.2) is 54.6 Å². The van der Waals surface area contributed by atoms with Gasteiger partial charge in [0.2, 0.25) is 5.91 Å². The summed E-state index contributed by atoms with van der Waals surface area (Å²) >= 11 is 0. The lowest BCUT2D eigenvalue weighted by Crippen LogP contribution is -2.43. The van der Waals surface area contributed by atoms with Crippen LogP contribution in [0.4, 0.5) is 5.69 Å². The molecule has 2 heterocycles. The lowest BCUT2D eigenvalue weighted by Gasteiger charge is -2.23. The van der Waals surface area contributed by atoms with E-state index in [1.165, 1.54) is 10.9 Å². The van der Waals surface area contributed by atoms with Crippen molar-refractivity contribution in [2.75, 3.05) is 25.0 Å². The summed E-state index contributed by atoms with van der Waals surface area (Å²) < 4.78 is 0. The van der Waals surface area contributed by atoms with E-state index in [0.717, 1.165) is 55.4 Å². The van der Waals surface area contributed by atoms with E-state index in [4.69, 9.17) is 0 Å². The average Bonchev–Trinajstić information content (AvgIpc) is 3.45. The number of hydrogen-bond donors (Lipinski definition) is 5. The summed E-state index contributed by atoms with van der Waals surface area (Å²) in [5.74, 6) is 0.195. The largest absolute Gasteiger partial charge is 0.345 e. The molecule has 0 spiro atoms. The van der Waals surface area contributed by atoms with Crippen LogP contribution in [0.2, 0.25) is 0 Å². The molecule has 2 amide bonds. The van der Waals surface area contributed by atoms with Crippen molar-refractivity contribution >= 4 is 28.3 Å². The van der Waals surface area contributed by atoms with Crippen LogP contribution >= 0.6 is 0 Å². The Morgan fingerprint density at radius 1 is 1.00 bits per heavy atom. The minimum atomic E-state index is -0.186. The Hall–Kier alpha value is -3.26. The van der Waals surface area contributed by atoms with Gasteiger partial charge in [-0.3, -0.25) is 20.4 Å². The van der Waals surface area contributed by atoms with Crippen LogP contribution in [0.25, 0.3) is 10.8 Å². The lowest BCUT2D eigenvalue weighted by molar-refractivity contribution is -0.118. The highest BCUT2D eigenvalue weighted by Crippen LogP contribution is 2.30.